The second-order valence-electron chi connectivity index (χ2n) is 8.54. The zero-order valence-corrected chi connectivity index (χ0v) is 20.1. The third-order valence-electron chi connectivity index (χ3n) is 5.29. The molecule has 3 rings (SSSR count). The van der Waals surface area contributed by atoms with E-state index < -0.39 is 0 Å². The lowest BCUT2D eigenvalue weighted by Gasteiger charge is -2.09. The van der Waals surface area contributed by atoms with Gasteiger partial charge in [0.2, 0.25) is 0 Å². The van der Waals surface area contributed by atoms with E-state index in [0.717, 1.165) is 28.7 Å². The number of halogens is 1. The summed E-state index contributed by atoms with van der Waals surface area (Å²) in [7, 11) is 0. The van der Waals surface area contributed by atoms with Gasteiger partial charge in [-0.25, -0.2) is 9.18 Å². The summed E-state index contributed by atoms with van der Waals surface area (Å²) in [6.07, 6.45) is 1.65. The van der Waals surface area contributed by atoms with Gasteiger partial charge in [0.1, 0.15) is 11.6 Å². The summed E-state index contributed by atoms with van der Waals surface area (Å²) in [5, 5.41) is 0. The fourth-order valence-electron chi connectivity index (χ4n) is 3.47. The molecule has 0 saturated carbocycles. The number of benzene rings is 3. The van der Waals surface area contributed by atoms with Crippen molar-refractivity contribution >= 4 is 11.9 Å². The molecular weight excluding hydrogens is 443 g/mol. The minimum absolute atomic E-state index is 0.156. The molecule has 0 heterocycles. The van der Waals surface area contributed by atoms with E-state index in [1.165, 1.54) is 6.07 Å². The molecular formula is C30H29FO4. The van der Waals surface area contributed by atoms with Crippen molar-refractivity contribution in [2.24, 2.45) is 0 Å². The maximum absolute atomic E-state index is 14.9. The van der Waals surface area contributed by atoms with E-state index in [4.69, 9.17) is 9.47 Å². The van der Waals surface area contributed by atoms with E-state index in [9.17, 15) is 14.0 Å². The smallest absolute Gasteiger partial charge is 0.333 e. The molecule has 0 aliphatic rings. The molecule has 0 spiro atoms. The average molecular weight is 473 g/mol. The predicted octanol–water partition coefficient (Wildman–Crippen LogP) is 7.08. The average Bonchev–Trinajstić information content (AvgIpc) is 2.82. The van der Waals surface area contributed by atoms with Gasteiger partial charge in [-0.2, -0.15) is 0 Å². The third-order valence-corrected chi connectivity index (χ3v) is 5.29. The number of carbonyl (C=O) groups is 2. The van der Waals surface area contributed by atoms with E-state index in [-0.39, 0.29) is 24.2 Å². The number of esters is 2. The first kappa shape index (κ1) is 25.6. The minimum Gasteiger partial charge on any atom is -0.462 e. The molecule has 0 N–H and O–H groups in total. The zero-order chi connectivity index (χ0) is 25.4. The van der Waals surface area contributed by atoms with E-state index in [2.05, 4.69) is 13.2 Å². The van der Waals surface area contributed by atoms with Crippen LogP contribution in [0.25, 0.3) is 22.3 Å². The number of rotatable bonds is 10. The summed E-state index contributed by atoms with van der Waals surface area (Å²) in [4.78, 5) is 23.2. The lowest BCUT2D eigenvalue weighted by atomic mass is 9.98. The van der Waals surface area contributed by atoms with Crippen LogP contribution in [-0.2, 0) is 20.7 Å². The molecule has 0 radical (unpaired) electrons. The van der Waals surface area contributed by atoms with Crippen LogP contribution in [-0.4, -0.2) is 18.5 Å². The zero-order valence-electron chi connectivity index (χ0n) is 20.1. The molecule has 3 aromatic carbocycles. The van der Waals surface area contributed by atoms with Crippen molar-refractivity contribution in [1.82, 2.24) is 0 Å². The van der Waals surface area contributed by atoms with Gasteiger partial charge in [-0.05, 0) is 67.1 Å². The second-order valence-corrected chi connectivity index (χ2v) is 8.54. The van der Waals surface area contributed by atoms with E-state index in [0.29, 0.717) is 35.5 Å². The lowest BCUT2D eigenvalue weighted by Crippen LogP contribution is -2.07. The normalized spacial score (nSPS) is 10.5. The third kappa shape index (κ3) is 7.51. The molecule has 0 bridgehead atoms. The second kappa shape index (κ2) is 11.9. The van der Waals surface area contributed by atoms with Gasteiger partial charge in [-0.15, -0.1) is 0 Å². The topological polar surface area (TPSA) is 52.6 Å². The summed E-state index contributed by atoms with van der Waals surface area (Å²) in [6.45, 7) is 11.0. The summed E-state index contributed by atoms with van der Waals surface area (Å²) in [5.74, 6) is -0.675. The molecule has 5 heteroatoms. The van der Waals surface area contributed by atoms with Crippen LogP contribution in [0, 0.1) is 5.82 Å². The fourth-order valence-corrected chi connectivity index (χ4v) is 3.47. The SMILES string of the molecule is C=C(C)CC(=O)Oc1ccc(-c2ccc(-c3ccc(CCCOC(=O)C(=C)C)cc3)cc2F)cc1. The Balaban J connectivity index is 1.61. The maximum atomic E-state index is 14.9. The Morgan fingerprint density at radius 3 is 2.09 bits per heavy atom. The molecule has 0 aliphatic heterocycles. The Labute approximate surface area is 205 Å². The molecule has 0 aliphatic carbocycles. The maximum Gasteiger partial charge on any atom is 0.333 e. The highest BCUT2D eigenvalue weighted by Gasteiger charge is 2.10. The monoisotopic (exact) mass is 472 g/mol. The number of hydrogen-bond donors (Lipinski definition) is 0. The molecule has 0 fully saturated rings. The molecule has 3 aromatic rings. The van der Waals surface area contributed by atoms with Crippen LogP contribution in [0.15, 0.2) is 91.0 Å². The predicted molar refractivity (Wildman–Crippen MR) is 136 cm³/mol. The molecule has 180 valence electrons. The van der Waals surface area contributed by atoms with Gasteiger partial charge in [-0.3, -0.25) is 4.79 Å². The number of hydrogen-bond acceptors (Lipinski definition) is 4. The van der Waals surface area contributed by atoms with Crippen molar-refractivity contribution in [2.45, 2.75) is 33.1 Å². The van der Waals surface area contributed by atoms with E-state index >= 15 is 0 Å². The van der Waals surface area contributed by atoms with Crippen LogP contribution in [0.3, 0.4) is 0 Å². The van der Waals surface area contributed by atoms with Gasteiger partial charge < -0.3 is 9.47 Å². The minimum atomic E-state index is -0.377. The summed E-state index contributed by atoms with van der Waals surface area (Å²) in [6, 6.07) is 19.8. The van der Waals surface area contributed by atoms with Crippen LogP contribution >= 0.6 is 0 Å². The Hall–Kier alpha value is -3.99. The first-order valence-corrected chi connectivity index (χ1v) is 11.4. The van der Waals surface area contributed by atoms with Gasteiger partial charge >= 0.3 is 11.9 Å². The molecule has 0 amide bonds. The van der Waals surface area contributed by atoms with Crippen molar-refractivity contribution in [3.05, 3.63) is 102 Å². The molecule has 0 atom stereocenters. The highest BCUT2D eigenvalue weighted by atomic mass is 19.1. The highest BCUT2D eigenvalue weighted by Crippen LogP contribution is 2.29. The van der Waals surface area contributed by atoms with Gasteiger partial charge in [0, 0.05) is 11.1 Å². The highest BCUT2D eigenvalue weighted by molar-refractivity contribution is 5.86. The van der Waals surface area contributed by atoms with Crippen molar-refractivity contribution in [3.63, 3.8) is 0 Å². The largest absolute Gasteiger partial charge is 0.462 e. The Bertz CT molecular complexity index is 1220. The number of carbonyl (C=O) groups excluding carboxylic acids is 2. The first-order valence-electron chi connectivity index (χ1n) is 11.4. The molecule has 0 unspecified atom stereocenters. The van der Waals surface area contributed by atoms with Crippen LogP contribution in [0.2, 0.25) is 0 Å². The van der Waals surface area contributed by atoms with Gasteiger partial charge in [0.05, 0.1) is 13.0 Å². The van der Waals surface area contributed by atoms with Crippen molar-refractivity contribution in [2.75, 3.05) is 6.61 Å². The molecule has 0 saturated heterocycles. The van der Waals surface area contributed by atoms with Crippen molar-refractivity contribution in [3.8, 4) is 28.0 Å². The number of ether oxygens (including phenoxy) is 2. The quantitative estimate of drug-likeness (QED) is 0.104. The van der Waals surface area contributed by atoms with Crippen LogP contribution in [0.4, 0.5) is 4.39 Å². The first-order chi connectivity index (χ1) is 16.7. The van der Waals surface area contributed by atoms with Crippen molar-refractivity contribution in [1.29, 1.82) is 0 Å². The summed E-state index contributed by atoms with van der Waals surface area (Å²) in [5.41, 5.74) is 5.08. The summed E-state index contributed by atoms with van der Waals surface area (Å²) >= 11 is 0. The number of aryl methyl sites for hydroxylation is 1. The van der Waals surface area contributed by atoms with Crippen molar-refractivity contribution < 1.29 is 23.5 Å². The molecule has 0 aromatic heterocycles. The van der Waals surface area contributed by atoms with E-state index in [1.807, 2.05) is 30.3 Å². The van der Waals surface area contributed by atoms with Gasteiger partial charge in [-0.1, -0.05) is 67.3 Å². The van der Waals surface area contributed by atoms with Gasteiger partial charge in [0.15, 0.2) is 0 Å². The standard InChI is InChI=1S/C30H29FO4/c1-20(2)18-29(32)35-26-14-11-24(12-15-26)27-16-13-25(19-28(27)31)23-9-7-22(8-10-23)6-5-17-34-30(33)21(3)4/h7-16,19H,1,3,5-6,17-18H2,2,4H3. The summed E-state index contributed by atoms with van der Waals surface area (Å²) < 4.78 is 25.3. The molecule has 4 nitrogen and oxygen atoms in total. The lowest BCUT2D eigenvalue weighted by molar-refractivity contribution is -0.139. The fraction of sp³-hybridized carbons (Fsp3) is 0.200. The van der Waals surface area contributed by atoms with E-state index in [1.54, 1.807) is 44.2 Å². The van der Waals surface area contributed by atoms with Gasteiger partial charge in [0.25, 0.3) is 0 Å². The molecule has 35 heavy (non-hydrogen) atoms. The Morgan fingerprint density at radius 1 is 0.857 bits per heavy atom. The van der Waals surface area contributed by atoms with Crippen LogP contribution in [0.1, 0.15) is 32.3 Å². The van der Waals surface area contributed by atoms with Crippen LogP contribution < -0.4 is 4.74 Å². The van der Waals surface area contributed by atoms with Crippen LogP contribution in [0.5, 0.6) is 5.75 Å². The Morgan fingerprint density at radius 2 is 1.49 bits per heavy atom. The Kier molecular flexibility index (Phi) is 8.74.